The summed E-state index contributed by atoms with van der Waals surface area (Å²) in [6.45, 7) is 0.631. The maximum atomic E-state index is 13.2. The Hall–Kier alpha value is -2.27. The number of alkyl halides is 3. The van der Waals surface area contributed by atoms with Gasteiger partial charge in [-0.3, -0.25) is 14.9 Å². The molecule has 1 aromatic heterocycles. The predicted octanol–water partition coefficient (Wildman–Crippen LogP) is 4.93. The number of nitrogens with zero attached hydrogens (tertiary/aromatic N) is 3. The number of halogens is 3. The van der Waals surface area contributed by atoms with E-state index in [4.69, 9.17) is 0 Å². The first kappa shape index (κ1) is 22.9. The molecule has 2 fully saturated rings. The van der Waals surface area contributed by atoms with Crippen LogP contribution in [0.4, 0.5) is 24.0 Å². The number of nitrogens with one attached hydrogen (secondary N) is 1. The van der Waals surface area contributed by atoms with Gasteiger partial charge in [-0.2, -0.15) is 18.2 Å². The third-order valence-electron chi connectivity index (χ3n) is 6.64. The van der Waals surface area contributed by atoms with Crippen LogP contribution in [0.15, 0.2) is 16.9 Å². The molecule has 174 valence electrons. The summed E-state index contributed by atoms with van der Waals surface area (Å²) in [6, 6.07) is 1.15. The summed E-state index contributed by atoms with van der Waals surface area (Å²) in [6.07, 6.45) is 3.33. The number of rotatable bonds is 5. The van der Waals surface area contributed by atoms with E-state index >= 15 is 0 Å². The number of hydrogen-bond donors (Lipinski definition) is 1. The maximum absolute atomic E-state index is 13.2. The summed E-state index contributed by atoms with van der Waals surface area (Å²) in [5, 5.41) is 14.7. The SMILES string of the molecule is CNC1C(CC2CCCCC2)CCN1c1nc(=O)c2cc(C(F)(F)F)cc([N+](=O)[O-])c2s1. The minimum Gasteiger partial charge on any atom is -0.332 e. The van der Waals surface area contributed by atoms with E-state index in [1.807, 2.05) is 11.9 Å². The normalized spacial score (nSPS) is 22.6. The van der Waals surface area contributed by atoms with E-state index < -0.39 is 27.9 Å². The topological polar surface area (TPSA) is 88.4 Å². The first-order valence-corrected chi connectivity index (χ1v) is 11.6. The van der Waals surface area contributed by atoms with Crippen LogP contribution < -0.4 is 15.8 Å². The van der Waals surface area contributed by atoms with Crippen molar-refractivity contribution in [2.75, 3.05) is 18.5 Å². The van der Waals surface area contributed by atoms with Crippen molar-refractivity contribution in [2.45, 2.75) is 57.3 Å². The van der Waals surface area contributed by atoms with Gasteiger partial charge >= 0.3 is 6.18 Å². The van der Waals surface area contributed by atoms with Gasteiger partial charge in [0.1, 0.15) is 4.70 Å². The minimum atomic E-state index is -4.80. The van der Waals surface area contributed by atoms with Crippen LogP contribution in [0.2, 0.25) is 0 Å². The third kappa shape index (κ3) is 4.45. The molecule has 7 nitrogen and oxygen atoms in total. The molecule has 2 aromatic rings. The van der Waals surface area contributed by atoms with Gasteiger partial charge in [-0.05, 0) is 37.8 Å². The number of aromatic nitrogens is 1. The lowest BCUT2D eigenvalue weighted by Gasteiger charge is -2.31. The molecule has 1 saturated carbocycles. The fourth-order valence-corrected chi connectivity index (χ4v) is 6.25. The maximum Gasteiger partial charge on any atom is 0.416 e. The second kappa shape index (κ2) is 8.93. The highest BCUT2D eigenvalue weighted by Crippen LogP contribution is 2.41. The Morgan fingerprint density at radius 1 is 1.25 bits per heavy atom. The van der Waals surface area contributed by atoms with E-state index in [0.29, 0.717) is 35.6 Å². The molecule has 2 aliphatic rings. The average molecular weight is 471 g/mol. The van der Waals surface area contributed by atoms with E-state index in [1.165, 1.54) is 32.1 Å². The van der Waals surface area contributed by atoms with Crippen molar-refractivity contribution in [2.24, 2.45) is 11.8 Å². The highest BCUT2D eigenvalue weighted by molar-refractivity contribution is 7.22. The standard InChI is InChI=1S/C21H25F3N4O3S/c1-25-18-13(9-12-5-3-2-4-6-12)7-8-27(18)20-26-19(29)15-10-14(21(22,23)24)11-16(28(30)31)17(15)32-20/h10-13,18,25H,2-9H2,1H3. The zero-order valence-electron chi connectivity index (χ0n) is 17.7. The van der Waals surface area contributed by atoms with Crippen molar-refractivity contribution in [1.82, 2.24) is 10.3 Å². The van der Waals surface area contributed by atoms with E-state index in [2.05, 4.69) is 10.3 Å². The van der Waals surface area contributed by atoms with Crippen LogP contribution in [0.5, 0.6) is 0 Å². The third-order valence-corrected chi connectivity index (χ3v) is 7.78. The molecule has 0 amide bonds. The highest BCUT2D eigenvalue weighted by atomic mass is 32.1. The van der Waals surface area contributed by atoms with Gasteiger partial charge in [-0.1, -0.05) is 43.4 Å². The van der Waals surface area contributed by atoms with Crippen molar-refractivity contribution in [3.05, 3.63) is 38.2 Å². The molecule has 1 aromatic carbocycles. The lowest BCUT2D eigenvalue weighted by atomic mass is 9.82. The summed E-state index contributed by atoms with van der Waals surface area (Å²) < 4.78 is 39.5. The monoisotopic (exact) mass is 470 g/mol. The lowest BCUT2D eigenvalue weighted by molar-refractivity contribution is -0.383. The number of hydrogen-bond acceptors (Lipinski definition) is 7. The van der Waals surface area contributed by atoms with Crippen molar-refractivity contribution in [1.29, 1.82) is 0 Å². The fraction of sp³-hybridized carbons (Fsp3) is 0.619. The second-order valence-corrected chi connectivity index (χ2v) is 9.62. The molecular formula is C21H25F3N4O3S. The Bertz CT molecular complexity index is 1070. The largest absolute Gasteiger partial charge is 0.416 e. The van der Waals surface area contributed by atoms with Crippen LogP contribution in [0, 0.1) is 22.0 Å². The summed E-state index contributed by atoms with van der Waals surface area (Å²) in [5.74, 6) is 1.03. The van der Waals surface area contributed by atoms with E-state index in [-0.39, 0.29) is 16.3 Å². The van der Waals surface area contributed by atoms with Crippen molar-refractivity contribution < 1.29 is 18.1 Å². The number of nitro groups is 1. The molecule has 0 bridgehead atoms. The van der Waals surface area contributed by atoms with E-state index in [1.54, 1.807) is 0 Å². The number of non-ortho nitro benzene ring substituents is 1. The molecule has 1 N–H and O–H groups in total. The Morgan fingerprint density at radius 3 is 2.59 bits per heavy atom. The lowest BCUT2D eigenvalue weighted by Crippen LogP contribution is -2.44. The molecule has 1 aliphatic heterocycles. The van der Waals surface area contributed by atoms with Gasteiger partial charge in [0.25, 0.3) is 11.2 Å². The molecule has 11 heteroatoms. The van der Waals surface area contributed by atoms with E-state index in [9.17, 15) is 28.1 Å². The van der Waals surface area contributed by atoms with Gasteiger partial charge in [-0.15, -0.1) is 0 Å². The van der Waals surface area contributed by atoms with Gasteiger partial charge < -0.3 is 10.2 Å². The first-order chi connectivity index (χ1) is 15.2. The minimum absolute atomic E-state index is 0.0777. The first-order valence-electron chi connectivity index (χ1n) is 10.8. The number of nitro benzene ring substituents is 1. The molecule has 2 unspecified atom stereocenters. The number of fused-ring (bicyclic) bond motifs is 1. The second-order valence-electron chi connectivity index (χ2n) is 8.64. The zero-order chi connectivity index (χ0) is 23.0. The van der Waals surface area contributed by atoms with Crippen LogP contribution in [0.25, 0.3) is 10.1 Å². The molecule has 0 spiro atoms. The predicted molar refractivity (Wildman–Crippen MR) is 117 cm³/mol. The summed E-state index contributed by atoms with van der Waals surface area (Å²) in [7, 11) is 1.83. The summed E-state index contributed by atoms with van der Waals surface area (Å²) in [4.78, 5) is 29.3. The average Bonchev–Trinajstić information content (AvgIpc) is 3.15. The number of benzene rings is 1. The number of anilines is 1. The van der Waals surface area contributed by atoms with Crippen LogP contribution in [0.1, 0.15) is 50.5 Å². The summed E-state index contributed by atoms with van der Waals surface area (Å²) in [5.41, 5.74) is -2.83. The van der Waals surface area contributed by atoms with Crippen LogP contribution in [-0.4, -0.2) is 29.7 Å². The fourth-order valence-electron chi connectivity index (χ4n) is 5.12. The molecule has 2 heterocycles. The van der Waals surface area contributed by atoms with Crippen LogP contribution in [0.3, 0.4) is 0 Å². The Kier molecular flexibility index (Phi) is 6.39. The Balaban J connectivity index is 1.70. The zero-order valence-corrected chi connectivity index (χ0v) is 18.5. The summed E-state index contributed by atoms with van der Waals surface area (Å²) >= 11 is 0.906. The smallest absolute Gasteiger partial charge is 0.332 e. The Morgan fingerprint density at radius 2 is 1.97 bits per heavy atom. The van der Waals surface area contributed by atoms with E-state index in [0.717, 1.165) is 24.2 Å². The van der Waals surface area contributed by atoms with Gasteiger partial charge in [0.05, 0.1) is 22.0 Å². The Labute approximate surface area is 186 Å². The molecule has 1 saturated heterocycles. The molecule has 0 radical (unpaired) electrons. The van der Waals surface area contributed by atoms with Gasteiger partial charge in [-0.25, -0.2) is 0 Å². The molecular weight excluding hydrogens is 445 g/mol. The van der Waals surface area contributed by atoms with Gasteiger partial charge in [0, 0.05) is 12.6 Å². The van der Waals surface area contributed by atoms with Crippen molar-refractivity contribution >= 4 is 32.2 Å². The molecule has 32 heavy (non-hydrogen) atoms. The van der Waals surface area contributed by atoms with Gasteiger partial charge in [0.2, 0.25) is 0 Å². The highest BCUT2D eigenvalue weighted by Gasteiger charge is 2.38. The van der Waals surface area contributed by atoms with Crippen molar-refractivity contribution in [3.63, 3.8) is 0 Å². The van der Waals surface area contributed by atoms with Crippen LogP contribution in [-0.2, 0) is 6.18 Å². The molecule has 1 aliphatic carbocycles. The van der Waals surface area contributed by atoms with Crippen LogP contribution >= 0.6 is 11.3 Å². The molecule has 2 atom stereocenters. The van der Waals surface area contributed by atoms with Gasteiger partial charge in [0.15, 0.2) is 5.13 Å². The quantitative estimate of drug-likeness (QED) is 0.493. The molecule has 4 rings (SSSR count). The van der Waals surface area contributed by atoms with Crippen molar-refractivity contribution in [3.8, 4) is 0 Å².